The van der Waals surface area contributed by atoms with E-state index in [1.165, 1.54) is 0 Å². The average Bonchev–Trinajstić information content (AvgIpc) is 3.21. The fourth-order valence-corrected chi connectivity index (χ4v) is 3.53. The van der Waals surface area contributed by atoms with Crippen LogP contribution in [0.2, 0.25) is 0 Å². The number of amides is 1. The molecule has 3 N–H and O–H groups in total. The number of hydrogen-bond acceptors (Lipinski definition) is 5. The highest BCUT2D eigenvalue weighted by atomic mass is 16.4. The van der Waals surface area contributed by atoms with Gasteiger partial charge in [-0.2, -0.15) is 0 Å². The summed E-state index contributed by atoms with van der Waals surface area (Å²) in [5, 5.41) is 11.7. The van der Waals surface area contributed by atoms with Crippen molar-refractivity contribution in [1.82, 2.24) is 9.88 Å². The van der Waals surface area contributed by atoms with Gasteiger partial charge in [-0.25, -0.2) is 4.98 Å². The number of benzene rings is 1. The first-order valence-electron chi connectivity index (χ1n) is 10.6. The van der Waals surface area contributed by atoms with E-state index in [0.717, 1.165) is 24.8 Å². The maximum Gasteiger partial charge on any atom is 0.231 e. The second-order valence-corrected chi connectivity index (χ2v) is 7.11. The lowest BCUT2D eigenvalue weighted by atomic mass is 9.77. The van der Waals surface area contributed by atoms with Gasteiger partial charge in [-0.3, -0.25) is 9.69 Å². The number of primary amides is 1. The van der Waals surface area contributed by atoms with Gasteiger partial charge in [-0.05, 0) is 25.5 Å². The van der Waals surface area contributed by atoms with E-state index in [9.17, 15) is 9.90 Å². The summed E-state index contributed by atoms with van der Waals surface area (Å²) in [5.74, 6) is 0.664. The Bertz CT molecular complexity index is 717. The summed E-state index contributed by atoms with van der Waals surface area (Å²) < 4.78 is 5.98. The van der Waals surface area contributed by atoms with Crippen LogP contribution in [0.25, 0.3) is 0 Å². The van der Waals surface area contributed by atoms with Crippen LogP contribution >= 0.6 is 0 Å². The number of likely N-dealkylation sites (N-methyl/N-ethyl adjacent to an activating group) is 1. The number of aromatic nitrogens is 1. The molecule has 0 saturated heterocycles. The molecule has 0 aliphatic rings. The van der Waals surface area contributed by atoms with Crippen LogP contribution in [0.15, 0.2) is 40.9 Å². The van der Waals surface area contributed by atoms with Crippen LogP contribution in [-0.2, 0) is 16.8 Å². The Hall–Kier alpha value is -2.18. The molecule has 162 valence electrons. The molecule has 1 aromatic carbocycles. The van der Waals surface area contributed by atoms with Crippen LogP contribution in [0.1, 0.15) is 64.2 Å². The van der Waals surface area contributed by atoms with Crippen molar-refractivity contribution in [1.29, 1.82) is 0 Å². The van der Waals surface area contributed by atoms with Crippen molar-refractivity contribution in [3.8, 4) is 0 Å². The van der Waals surface area contributed by atoms with Gasteiger partial charge in [0.05, 0.1) is 12.7 Å². The Balaban J connectivity index is 0.00000204. The molecule has 1 amide bonds. The number of oxazole rings is 1. The van der Waals surface area contributed by atoms with E-state index in [4.69, 9.17) is 10.2 Å². The quantitative estimate of drug-likeness (QED) is 0.596. The third-order valence-corrected chi connectivity index (χ3v) is 4.98. The molecule has 0 saturated carbocycles. The Labute approximate surface area is 175 Å². The lowest BCUT2D eigenvalue weighted by Crippen LogP contribution is -2.36. The normalized spacial score (nSPS) is 14.0. The molecule has 1 heterocycles. The summed E-state index contributed by atoms with van der Waals surface area (Å²) in [6.07, 6.45) is 4.92. The van der Waals surface area contributed by atoms with Crippen molar-refractivity contribution in [2.24, 2.45) is 11.7 Å². The van der Waals surface area contributed by atoms with E-state index in [0.29, 0.717) is 24.6 Å². The van der Waals surface area contributed by atoms with E-state index >= 15 is 0 Å². The predicted octanol–water partition coefficient (Wildman–Crippen LogP) is 3.72. The monoisotopic (exact) mass is 403 g/mol. The average molecular weight is 404 g/mol. The smallest absolute Gasteiger partial charge is 0.231 e. The van der Waals surface area contributed by atoms with Gasteiger partial charge in [0, 0.05) is 18.9 Å². The minimum absolute atomic E-state index is 0.00827. The molecule has 0 aliphatic carbocycles. The topological polar surface area (TPSA) is 92.6 Å². The molecule has 0 spiro atoms. The first-order chi connectivity index (χ1) is 13.9. The number of hydrogen-bond donors (Lipinski definition) is 2. The second kappa shape index (κ2) is 12.4. The number of rotatable bonds is 11. The fraction of sp³-hybridized carbons (Fsp3) is 0.565. The van der Waals surface area contributed by atoms with Crippen LogP contribution in [0, 0.1) is 5.92 Å². The first-order valence-corrected chi connectivity index (χ1v) is 10.6. The first kappa shape index (κ1) is 24.9. The Morgan fingerprint density at radius 3 is 2.48 bits per heavy atom. The van der Waals surface area contributed by atoms with Crippen LogP contribution in [0.5, 0.6) is 0 Å². The summed E-state index contributed by atoms with van der Waals surface area (Å²) in [4.78, 5) is 17.3. The van der Waals surface area contributed by atoms with Gasteiger partial charge in [-0.1, -0.05) is 64.4 Å². The highest BCUT2D eigenvalue weighted by molar-refractivity contribution is 5.75. The molecule has 0 aliphatic heterocycles. The minimum Gasteiger partial charge on any atom is -0.442 e. The summed E-state index contributed by atoms with van der Waals surface area (Å²) in [6, 6.07) is 9.61. The van der Waals surface area contributed by atoms with Crippen molar-refractivity contribution in [3.63, 3.8) is 0 Å². The molecule has 2 rings (SSSR count). The molecule has 0 radical (unpaired) electrons. The zero-order valence-electron chi connectivity index (χ0n) is 18.5. The van der Waals surface area contributed by atoms with Crippen LogP contribution in [0.4, 0.5) is 0 Å². The minimum atomic E-state index is -1.26. The Kier molecular flexibility index (Phi) is 10.6. The van der Waals surface area contributed by atoms with Gasteiger partial charge >= 0.3 is 0 Å². The second-order valence-electron chi connectivity index (χ2n) is 7.11. The summed E-state index contributed by atoms with van der Waals surface area (Å²) >= 11 is 0. The largest absolute Gasteiger partial charge is 0.442 e. The van der Waals surface area contributed by atoms with E-state index in [-0.39, 0.29) is 18.4 Å². The standard InChI is InChI=1S/C21H31N3O3.C2H6/c1-4-9-16(5-2)21(26,17-10-7-6-8-11-17)20-23-14-18(27-20)12-13-24(3)15-19(22)25;1-2/h6-8,10-11,14,16,26H,4-5,9,12-13,15H2,1-3H3,(H2,22,25);1-2H3. The molecule has 2 aromatic rings. The van der Waals surface area contributed by atoms with E-state index in [1.54, 1.807) is 6.20 Å². The molecular weight excluding hydrogens is 366 g/mol. The predicted molar refractivity (Wildman–Crippen MR) is 116 cm³/mol. The van der Waals surface area contributed by atoms with Gasteiger partial charge in [0.1, 0.15) is 5.76 Å². The van der Waals surface area contributed by atoms with Crippen molar-refractivity contribution in [2.45, 2.75) is 59.0 Å². The van der Waals surface area contributed by atoms with Crippen molar-refractivity contribution in [2.75, 3.05) is 20.1 Å². The lowest BCUT2D eigenvalue weighted by Gasteiger charge is -2.33. The zero-order valence-corrected chi connectivity index (χ0v) is 18.5. The maximum atomic E-state index is 11.7. The molecule has 6 nitrogen and oxygen atoms in total. The molecule has 1 aromatic heterocycles. The van der Waals surface area contributed by atoms with Gasteiger partial charge in [0.25, 0.3) is 0 Å². The van der Waals surface area contributed by atoms with Crippen LogP contribution in [-0.4, -0.2) is 41.0 Å². The number of carbonyl (C=O) groups is 1. The molecule has 2 unspecified atom stereocenters. The van der Waals surface area contributed by atoms with Crippen LogP contribution < -0.4 is 5.73 Å². The molecule has 0 fully saturated rings. The SMILES string of the molecule is CC.CCCC(CC)C(O)(c1ccccc1)c1ncc(CCN(C)CC(N)=O)o1. The fourth-order valence-electron chi connectivity index (χ4n) is 3.53. The van der Waals surface area contributed by atoms with E-state index in [1.807, 2.05) is 56.1 Å². The third kappa shape index (κ3) is 6.68. The highest BCUT2D eigenvalue weighted by Crippen LogP contribution is 2.40. The van der Waals surface area contributed by atoms with E-state index in [2.05, 4.69) is 18.8 Å². The highest BCUT2D eigenvalue weighted by Gasteiger charge is 2.43. The Morgan fingerprint density at radius 2 is 1.93 bits per heavy atom. The molecule has 2 atom stereocenters. The molecule has 29 heavy (non-hydrogen) atoms. The summed E-state index contributed by atoms with van der Waals surface area (Å²) in [5.41, 5.74) is 4.75. The van der Waals surface area contributed by atoms with Crippen LogP contribution in [0.3, 0.4) is 0 Å². The number of carbonyl (C=O) groups excluding carboxylic acids is 1. The van der Waals surface area contributed by atoms with Crippen molar-refractivity contribution < 1.29 is 14.3 Å². The summed E-state index contributed by atoms with van der Waals surface area (Å²) in [7, 11) is 1.83. The zero-order chi connectivity index (χ0) is 21.9. The number of aliphatic hydroxyl groups is 1. The Morgan fingerprint density at radius 1 is 1.28 bits per heavy atom. The number of nitrogens with zero attached hydrogens (tertiary/aromatic N) is 2. The van der Waals surface area contributed by atoms with Crippen molar-refractivity contribution in [3.05, 3.63) is 53.7 Å². The maximum absolute atomic E-state index is 11.7. The number of nitrogens with two attached hydrogens (primary N) is 1. The van der Waals surface area contributed by atoms with Gasteiger partial charge in [-0.15, -0.1) is 0 Å². The molecule has 6 heteroatoms. The third-order valence-electron chi connectivity index (χ3n) is 4.98. The van der Waals surface area contributed by atoms with Gasteiger partial charge < -0.3 is 15.3 Å². The molecular formula is C23H37N3O3. The summed E-state index contributed by atoms with van der Waals surface area (Å²) in [6.45, 7) is 9.01. The van der Waals surface area contributed by atoms with Gasteiger partial charge in [0.2, 0.25) is 11.8 Å². The molecule has 0 bridgehead atoms. The van der Waals surface area contributed by atoms with E-state index < -0.39 is 5.60 Å². The van der Waals surface area contributed by atoms with Crippen molar-refractivity contribution >= 4 is 5.91 Å². The van der Waals surface area contributed by atoms with Gasteiger partial charge in [0.15, 0.2) is 5.60 Å². The lowest BCUT2D eigenvalue weighted by molar-refractivity contribution is -0.118.